The van der Waals surface area contributed by atoms with Crippen LogP contribution in [0, 0.1) is 21.4 Å². The maximum atomic E-state index is 12.5. The number of anilines is 1. The fourth-order valence-electron chi connectivity index (χ4n) is 2.76. The molecule has 0 aliphatic carbocycles. The van der Waals surface area contributed by atoms with E-state index in [4.69, 9.17) is 51.1 Å². The number of nitriles is 1. The lowest BCUT2D eigenvalue weighted by Gasteiger charge is -2.11. The molecule has 3 rings (SSSR count). The number of rotatable bonds is 7. The average Bonchev–Trinajstić information content (AvgIpc) is 2.79. The molecule has 0 fully saturated rings. The molecule has 7 nitrogen and oxygen atoms in total. The summed E-state index contributed by atoms with van der Waals surface area (Å²) in [5, 5.41) is 23.6. The Morgan fingerprint density at radius 1 is 1.00 bits per heavy atom. The summed E-state index contributed by atoms with van der Waals surface area (Å²) in [6, 6.07) is 15.2. The number of nitrogens with one attached hydrogen (secondary N) is 1. The largest absolute Gasteiger partial charge is 0.486 e. The highest BCUT2D eigenvalue weighted by Gasteiger charge is 2.14. The highest BCUT2D eigenvalue weighted by Crippen LogP contribution is 2.35. The van der Waals surface area contributed by atoms with Crippen LogP contribution in [0.2, 0.25) is 20.1 Å². The van der Waals surface area contributed by atoms with Crippen LogP contribution in [0.5, 0.6) is 5.75 Å². The highest BCUT2D eigenvalue weighted by atomic mass is 35.5. The SMILES string of the molecule is N#C/C(=C\c1cc(Cl)c(OCc2ccc([N+](=O)[O-])cc2)c(Cl)c1)C(=O)Nc1ccc(Cl)c(Cl)c1. The Morgan fingerprint density at radius 3 is 2.21 bits per heavy atom. The van der Waals surface area contributed by atoms with E-state index in [1.54, 1.807) is 18.2 Å². The Balaban J connectivity index is 1.75. The Bertz CT molecular complexity index is 1310. The molecule has 34 heavy (non-hydrogen) atoms. The van der Waals surface area contributed by atoms with E-state index in [1.807, 2.05) is 6.07 Å². The van der Waals surface area contributed by atoms with Gasteiger partial charge in [0.25, 0.3) is 11.6 Å². The van der Waals surface area contributed by atoms with E-state index in [0.29, 0.717) is 21.8 Å². The summed E-state index contributed by atoms with van der Waals surface area (Å²) < 4.78 is 5.67. The standard InChI is InChI=1S/C23H13Cl4N3O4/c24-18-6-3-16(10-19(18)25)29-23(31)15(11-28)7-14-8-20(26)22(21(27)9-14)34-12-13-1-4-17(5-2-13)30(32)33/h1-10H,12H2,(H,29,31)/b15-7+. The first-order chi connectivity index (χ1) is 16.2. The van der Waals surface area contributed by atoms with Crippen molar-refractivity contribution in [2.75, 3.05) is 5.32 Å². The molecule has 0 atom stereocenters. The van der Waals surface area contributed by atoms with Crippen molar-refractivity contribution < 1.29 is 14.5 Å². The van der Waals surface area contributed by atoms with Gasteiger partial charge in [-0.05, 0) is 59.7 Å². The summed E-state index contributed by atoms with van der Waals surface area (Å²) in [6.07, 6.45) is 1.32. The fraction of sp³-hybridized carbons (Fsp3) is 0.0435. The van der Waals surface area contributed by atoms with Gasteiger partial charge >= 0.3 is 0 Å². The van der Waals surface area contributed by atoms with Crippen molar-refractivity contribution in [3.63, 3.8) is 0 Å². The summed E-state index contributed by atoms with van der Waals surface area (Å²) >= 11 is 24.4. The van der Waals surface area contributed by atoms with Gasteiger partial charge < -0.3 is 10.1 Å². The summed E-state index contributed by atoms with van der Waals surface area (Å²) in [6.45, 7) is 0.0716. The number of ether oxygens (including phenoxy) is 1. The first-order valence-electron chi connectivity index (χ1n) is 9.41. The third-order valence-corrected chi connectivity index (χ3v) is 5.71. The number of hydrogen-bond acceptors (Lipinski definition) is 5. The molecule has 172 valence electrons. The highest BCUT2D eigenvalue weighted by molar-refractivity contribution is 6.42. The zero-order chi connectivity index (χ0) is 24.8. The van der Waals surface area contributed by atoms with Gasteiger partial charge in [0.15, 0.2) is 5.75 Å². The van der Waals surface area contributed by atoms with E-state index in [9.17, 15) is 20.2 Å². The van der Waals surface area contributed by atoms with E-state index < -0.39 is 10.8 Å². The van der Waals surface area contributed by atoms with E-state index in [-0.39, 0.29) is 38.7 Å². The number of nitro benzene ring substituents is 1. The number of benzene rings is 3. The molecule has 3 aromatic carbocycles. The van der Waals surface area contributed by atoms with Crippen molar-refractivity contribution in [2.45, 2.75) is 6.61 Å². The molecule has 0 bridgehead atoms. The quantitative estimate of drug-likeness (QED) is 0.147. The third kappa shape index (κ3) is 6.40. The minimum Gasteiger partial charge on any atom is -0.486 e. The van der Waals surface area contributed by atoms with E-state index >= 15 is 0 Å². The van der Waals surface area contributed by atoms with Crippen molar-refractivity contribution in [3.05, 3.63) is 102 Å². The van der Waals surface area contributed by atoms with E-state index in [0.717, 1.165) is 0 Å². The molecule has 0 spiro atoms. The van der Waals surface area contributed by atoms with Gasteiger partial charge in [-0.1, -0.05) is 46.4 Å². The fourth-order valence-corrected chi connectivity index (χ4v) is 3.67. The van der Waals surface area contributed by atoms with Crippen LogP contribution in [0.25, 0.3) is 6.08 Å². The van der Waals surface area contributed by atoms with Crippen LogP contribution in [0.15, 0.2) is 60.2 Å². The number of nitro groups is 1. The molecular formula is C23H13Cl4N3O4. The minimum atomic E-state index is -0.661. The van der Waals surface area contributed by atoms with Crippen LogP contribution in [-0.4, -0.2) is 10.8 Å². The normalized spacial score (nSPS) is 11.0. The van der Waals surface area contributed by atoms with Crippen LogP contribution in [-0.2, 0) is 11.4 Å². The summed E-state index contributed by atoms with van der Waals surface area (Å²) in [4.78, 5) is 22.8. The topological polar surface area (TPSA) is 105 Å². The predicted molar refractivity (Wildman–Crippen MR) is 133 cm³/mol. The lowest BCUT2D eigenvalue weighted by molar-refractivity contribution is -0.384. The second-order valence-electron chi connectivity index (χ2n) is 6.78. The first kappa shape index (κ1) is 25.3. The molecule has 0 aromatic heterocycles. The number of amides is 1. The lowest BCUT2D eigenvalue weighted by Crippen LogP contribution is -2.13. The summed E-state index contributed by atoms with van der Waals surface area (Å²) in [5.41, 5.74) is 1.21. The Labute approximate surface area is 214 Å². The van der Waals surface area contributed by atoms with Crippen LogP contribution in [0.4, 0.5) is 11.4 Å². The molecule has 3 aromatic rings. The second kappa shape index (κ2) is 11.2. The molecule has 0 aliphatic heterocycles. The molecule has 0 unspecified atom stereocenters. The third-order valence-electron chi connectivity index (χ3n) is 4.40. The second-order valence-corrected chi connectivity index (χ2v) is 8.41. The molecule has 11 heteroatoms. The molecule has 1 amide bonds. The van der Waals surface area contributed by atoms with Gasteiger partial charge in [-0.15, -0.1) is 0 Å². The summed E-state index contributed by atoms with van der Waals surface area (Å²) in [7, 11) is 0. The van der Waals surface area contributed by atoms with Crippen molar-refractivity contribution >= 4 is 69.8 Å². The van der Waals surface area contributed by atoms with Crippen molar-refractivity contribution in [3.8, 4) is 11.8 Å². The number of carbonyl (C=O) groups is 1. The number of non-ortho nitro benzene ring substituents is 1. The van der Waals surface area contributed by atoms with Crippen molar-refractivity contribution in [1.82, 2.24) is 0 Å². The van der Waals surface area contributed by atoms with E-state index in [2.05, 4.69) is 5.32 Å². The monoisotopic (exact) mass is 535 g/mol. The number of halogens is 4. The van der Waals surface area contributed by atoms with Gasteiger partial charge in [0.1, 0.15) is 18.2 Å². The number of nitrogens with zero attached hydrogens (tertiary/aromatic N) is 2. The predicted octanol–water partition coefficient (Wildman–Crippen LogP) is 7.33. The smallest absolute Gasteiger partial charge is 0.269 e. The Morgan fingerprint density at radius 2 is 1.65 bits per heavy atom. The van der Waals surface area contributed by atoms with Gasteiger partial charge in [0.2, 0.25) is 0 Å². The lowest BCUT2D eigenvalue weighted by atomic mass is 10.1. The molecule has 0 heterocycles. The van der Waals surface area contributed by atoms with E-state index in [1.165, 1.54) is 42.5 Å². The molecule has 0 saturated carbocycles. The van der Waals surface area contributed by atoms with Crippen LogP contribution >= 0.6 is 46.4 Å². The van der Waals surface area contributed by atoms with Crippen molar-refractivity contribution in [2.24, 2.45) is 0 Å². The van der Waals surface area contributed by atoms with Gasteiger partial charge in [0, 0.05) is 17.8 Å². The minimum absolute atomic E-state index is 0.0348. The Kier molecular flexibility index (Phi) is 8.37. The van der Waals surface area contributed by atoms with Crippen LogP contribution in [0.1, 0.15) is 11.1 Å². The summed E-state index contributed by atoms with van der Waals surface area (Å²) in [5.74, 6) is -0.468. The number of hydrogen-bond donors (Lipinski definition) is 1. The van der Waals surface area contributed by atoms with Gasteiger partial charge in [0.05, 0.1) is 25.0 Å². The van der Waals surface area contributed by atoms with Crippen LogP contribution < -0.4 is 10.1 Å². The molecule has 1 N–H and O–H groups in total. The van der Waals surface area contributed by atoms with Gasteiger partial charge in [-0.25, -0.2) is 0 Å². The molecule has 0 saturated heterocycles. The van der Waals surface area contributed by atoms with Crippen molar-refractivity contribution in [1.29, 1.82) is 5.26 Å². The van der Waals surface area contributed by atoms with Crippen LogP contribution in [0.3, 0.4) is 0 Å². The molecule has 0 aliphatic rings. The van der Waals surface area contributed by atoms with Gasteiger partial charge in [-0.2, -0.15) is 5.26 Å². The first-order valence-corrected chi connectivity index (χ1v) is 10.9. The maximum absolute atomic E-state index is 12.5. The van der Waals surface area contributed by atoms with Gasteiger partial charge in [-0.3, -0.25) is 14.9 Å². The molecular weight excluding hydrogens is 524 g/mol. The molecule has 0 radical (unpaired) electrons. The zero-order valence-corrected chi connectivity index (χ0v) is 20.0. The average molecular weight is 537 g/mol. The maximum Gasteiger partial charge on any atom is 0.269 e. The number of carbonyl (C=O) groups excluding carboxylic acids is 1. The Hall–Kier alpha value is -3.28. The zero-order valence-electron chi connectivity index (χ0n) is 17.0.